The Morgan fingerprint density at radius 2 is 1.86 bits per heavy atom. The van der Waals surface area contributed by atoms with E-state index in [1.54, 1.807) is 60.5 Å². The molecule has 11 heteroatoms. The molecule has 2 amide bonds. The molecule has 0 saturated carbocycles. The molecule has 1 heterocycles. The van der Waals surface area contributed by atoms with Gasteiger partial charge in [0.25, 0.3) is 10.0 Å². The Morgan fingerprint density at radius 1 is 1.14 bits per heavy atom. The zero-order valence-corrected chi connectivity index (χ0v) is 22.4. The van der Waals surface area contributed by atoms with Gasteiger partial charge in [0, 0.05) is 18.2 Å². The van der Waals surface area contributed by atoms with Crippen LogP contribution in [0.4, 0.5) is 4.79 Å². The van der Waals surface area contributed by atoms with Crippen LogP contribution in [0.3, 0.4) is 0 Å². The number of amidine groups is 1. The van der Waals surface area contributed by atoms with Gasteiger partial charge in [-0.15, -0.1) is 17.2 Å². The molecule has 4 N–H and O–H groups in total. The molecule has 1 saturated heterocycles. The lowest BCUT2D eigenvalue weighted by atomic mass is 10.0. The average molecular weight is 546 g/mol. The Morgan fingerprint density at radius 3 is 2.57 bits per heavy atom. The van der Waals surface area contributed by atoms with Crippen molar-refractivity contribution < 1.29 is 17.9 Å². The number of fused-ring (bicyclic) bond motifs is 1. The summed E-state index contributed by atoms with van der Waals surface area (Å²) in [5.74, 6) is 0.573. The number of methoxy groups -OCH3 is 1. The van der Waals surface area contributed by atoms with Gasteiger partial charge in [-0.3, -0.25) is 5.41 Å². The number of nitrogens with one attached hydrogen (secondary N) is 2. The normalized spacial score (nSPS) is 15.6. The summed E-state index contributed by atoms with van der Waals surface area (Å²) in [6.45, 7) is 2.51. The number of sulfonamides is 1. The predicted molar refractivity (Wildman–Crippen MR) is 146 cm³/mol. The average Bonchev–Trinajstić information content (AvgIpc) is 2.87. The van der Waals surface area contributed by atoms with Crippen LogP contribution < -0.4 is 15.3 Å². The van der Waals surface area contributed by atoms with Crippen molar-refractivity contribution in [2.45, 2.75) is 43.7 Å². The zero-order chi connectivity index (χ0) is 25.9. The summed E-state index contributed by atoms with van der Waals surface area (Å²) in [6, 6.07) is 16.6. The van der Waals surface area contributed by atoms with Gasteiger partial charge in [0.1, 0.15) is 11.6 Å². The van der Waals surface area contributed by atoms with E-state index in [-0.39, 0.29) is 35.7 Å². The third-order valence-corrected chi connectivity index (χ3v) is 7.75. The number of rotatable bonds is 7. The number of nitrogen functional groups attached to an aromatic ring is 1. The maximum Gasteiger partial charge on any atom is 0.335 e. The monoisotopic (exact) mass is 545 g/mol. The standard InChI is InChI=1S/C26H31N5O4S.ClH/c1-18-6-3-4-13-30(18)26(32)31(17-19-7-5-8-22(14-19)25(27)28)29-36(33,34)24-12-10-20-15-23(35-2)11-9-21(20)16-24;/h5,7-12,14-16,18,29H,3-4,6,13,17H2,1-2H3,(H3,27,28);1H. The topological polar surface area (TPSA) is 129 Å². The minimum Gasteiger partial charge on any atom is -0.497 e. The lowest BCUT2D eigenvalue weighted by Gasteiger charge is -2.37. The summed E-state index contributed by atoms with van der Waals surface area (Å²) < 4.78 is 32.1. The number of benzene rings is 3. The van der Waals surface area contributed by atoms with Crippen molar-refractivity contribution in [2.24, 2.45) is 5.73 Å². The van der Waals surface area contributed by atoms with Gasteiger partial charge in [0.15, 0.2) is 0 Å². The molecular weight excluding hydrogens is 514 g/mol. The van der Waals surface area contributed by atoms with Gasteiger partial charge >= 0.3 is 6.03 Å². The summed E-state index contributed by atoms with van der Waals surface area (Å²) in [6.07, 6.45) is 2.75. The van der Waals surface area contributed by atoms with Crippen LogP contribution in [-0.4, -0.2) is 49.9 Å². The van der Waals surface area contributed by atoms with Gasteiger partial charge < -0.3 is 15.4 Å². The maximum atomic E-state index is 13.6. The summed E-state index contributed by atoms with van der Waals surface area (Å²) in [7, 11) is -2.51. The van der Waals surface area contributed by atoms with Gasteiger partial charge in [-0.05, 0) is 72.9 Å². The summed E-state index contributed by atoms with van der Waals surface area (Å²) >= 11 is 0. The van der Waals surface area contributed by atoms with Gasteiger partial charge in [-0.2, -0.15) is 0 Å². The van der Waals surface area contributed by atoms with Crippen molar-refractivity contribution in [3.8, 4) is 5.75 Å². The molecule has 198 valence electrons. The smallest absolute Gasteiger partial charge is 0.335 e. The van der Waals surface area contributed by atoms with Crippen LogP contribution in [0.15, 0.2) is 65.6 Å². The number of halogens is 1. The highest BCUT2D eigenvalue weighted by molar-refractivity contribution is 7.89. The lowest BCUT2D eigenvalue weighted by molar-refractivity contribution is 0.111. The molecule has 3 aromatic carbocycles. The van der Waals surface area contributed by atoms with Gasteiger partial charge in [0.2, 0.25) is 0 Å². The first-order chi connectivity index (χ1) is 17.2. The Balaban J connectivity index is 0.00000380. The van der Waals surface area contributed by atoms with Crippen LogP contribution in [0.1, 0.15) is 37.3 Å². The minimum atomic E-state index is -4.08. The summed E-state index contributed by atoms with van der Waals surface area (Å²) in [5, 5.41) is 10.4. The number of likely N-dealkylation sites (tertiary alicyclic amines) is 1. The molecule has 0 radical (unpaired) electrons. The van der Waals surface area contributed by atoms with Crippen molar-refractivity contribution >= 4 is 45.1 Å². The number of ether oxygens (including phenoxy) is 1. The molecule has 0 aliphatic carbocycles. The van der Waals surface area contributed by atoms with Gasteiger partial charge in [-0.1, -0.05) is 30.3 Å². The van der Waals surface area contributed by atoms with E-state index in [9.17, 15) is 13.2 Å². The highest BCUT2D eigenvalue weighted by Gasteiger charge is 2.30. The van der Waals surface area contributed by atoms with E-state index >= 15 is 0 Å². The largest absolute Gasteiger partial charge is 0.497 e. The second kappa shape index (κ2) is 11.8. The number of piperidine rings is 1. The van der Waals surface area contributed by atoms with E-state index < -0.39 is 16.1 Å². The number of hydrogen-bond acceptors (Lipinski definition) is 5. The Labute approximate surface area is 223 Å². The molecule has 1 fully saturated rings. The van der Waals surface area contributed by atoms with Gasteiger partial charge in [0.05, 0.1) is 18.6 Å². The third kappa shape index (κ3) is 6.51. The second-order valence-electron chi connectivity index (χ2n) is 8.99. The number of nitrogens with zero attached hydrogens (tertiary/aromatic N) is 2. The molecule has 1 atom stereocenters. The molecule has 0 spiro atoms. The van der Waals surface area contributed by atoms with Crippen molar-refractivity contribution in [3.63, 3.8) is 0 Å². The molecule has 4 rings (SSSR count). The predicted octanol–water partition coefficient (Wildman–Crippen LogP) is 4.24. The lowest BCUT2D eigenvalue weighted by Crippen LogP contribution is -2.54. The number of carbonyl (C=O) groups excluding carboxylic acids is 1. The van der Waals surface area contributed by atoms with Crippen LogP contribution in [0.25, 0.3) is 10.8 Å². The van der Waals surface area contributed by atoms with Gasteiger partial charge in [-0.25, -0.2) is 18.2 Å². The maximum absolute atomic E-state index is 13.6. The first-order valence-corrected chi connectivity index (χ1v) is 13.3. The molecule has 1 aliphatic heterocycles. The van der Waals surface area contributed by atoms with Crippen LogP contribution >= 0.6 is 12.4 Å². The Hall–Kier alpha value is -3.34. The SMILES string of the molecule is COc1ccc2cc(S(=O)(=O)NN(Cc3cccc(C(=N)N)c3)C(=O)N3CCCCC3C)ccc2c1.Cl. The summed E-state index contributed by atoms with van der Waals surface area (Å²) in [4.78, 5) is 17.8. The zero-order valence-electron chi connectivity index (χ0n) is 20.8. The van der Waals surface area contributed by atoms with Crippen LogP contribution in [0.5, 0.6) is 5.75 Å². The number of amides is 2. The first kappa shape index (κ1) is 28.2. The molecule has 1 aliphatic rings. The number of hydrazine groups is 1. The van der Waals surface area contributed by atoms with E-state index in [1.165, 1.54) is 6.07 Å². The first-order valence-electron chi connectivity index (χ1n) is 11.8. The van der Waals surface area contributed by atoms with E-state index in [0.29, 0.717) is 23.4 Å². The minimum absolute atomic E-state index is 0. The Bertz CT molecular complexity index is 1400. The molecule has 0 bridgehead atoms. The fourth-order valence-corrected chi connectivity index (χ4v) is 5.46. The van der Waals surface area contributed by atoms with Crippen molar-refractivity contribution in [1.82, 2.24) is 14.7 Å². The quantitative estimate of drug-likeness (QED) is 0.232. The van der Waals surface area contributed by atoms with Crippen molar-refractivity contribution in [2.75, 3.05) is 13.7 Å². The van der Waals surface area contributed by atoms with E-state index in [0.717, 1.165) is 35.0 Å². The fourth-order valence-electron chi connectivity index (χ4n) is 4.39. The highest BCUT2D eigenvalue weighted by atomic mass is 35.5. The highest BCUT2D eigenvalue weighted by Crippen LogP contribution is 2.25. The van der Waals surface area contributed by atoms with Crippen molar-refractivity contribution in [3.05, 3.63) is 71.8 Å². The number of urea groups is 1. The number of carbonyl (C=O) groups is 1. The van der Waals surface area contributed by atoms with Crippen LogP contribution in [-0.2, 0) is 16.6 Å². The van der Waals surface area contributed by atoms with Crippen molar-refractivity contribution in [1.29, 1.82) is 5.41 Å². The van der Waals surface area contributed by atoms with Crippen LogP contribution in [0, 0.1) is 5.41 Å². The third-order valence-electron chi connectivity index (χ3n) is 6.42. The fraction of sp³-hybridized carbons (Fsp3) is 0.308. The Kier molecular flexibility index (Phi) is 9.01. The number of nitrogens with two attached hydrogens (primary N) is 1. The van der Waals surface area contributed by atoms with Crippen LogP contribution in [0.2, 0.25) is 0 Å². The molecule has 0 aromatic heterocycles. The summed E-state index contributed by atoms with van der Waals surface area (Å²) in [5.41, 5.74) is 6.77. The van der Waals surface area contributed by atoms with E-state index in [1.807, 2.05) is 13.0 Å². The number of hydrogen-bond donors (Lipinski definition) is 3. The second-order valence-corrected chi connectivity index (χ2v) is 10.7. The molecule has 9 nitrogen and oxygen atoms in total. The molecule has 3 aromatic rings. The van der Waals surface area contributed by atoms with E-state index in [4.69, 9.17) is 15.9 Å². The molecular formula is C26H32ClN5O4S. The molecule has 1 unspecified atom stereocenters. The molecule has 37 heavy (non-hydrogen) atoms. The van der Waals surface area contributed by atoms with E-state index in [2.05, 4.69) is 4.83 Å².